The van der Waals surface area contributed by atoms with E-state index in [1.165, 1.54) is 19.1 Å². The van der Waals surface area contributed by atoms with Crippen LogP contribution in [0.25, 0.3) is 0 Å². The molecule has 0 aliphatic carbocycles. The number of amides is 2. The van der Waals surface area contributed by atoms with Crippen LogP contribution in [-0.4, -0.2) is 27.0 Å². The third-order valence-electron chi connectivity index (χ3n) is 2.81. The van der Waals surface area contributed by atoms with E-state index in [4.69, 9.17) is 11.6 Å². The van der Waals surface area contributed by atoms with Crippen LogP contribution in [0, 0.1) is 0 Å². The summed E-state index contributed by atoms with van der Waals surface area (Å²) in [4.78, 5) is 36.8. The van der Waals surface area contributed by atoms with E-state index in [2.05, 4.69) is 25.8 Å². The van der Waals surface area contributed by atoms with Crippen LogP contribution in [0.15, 0.2) is 23.0 Å². The Morgan fingerprint density at radius 1 is 1.36 bits per heavy atom. The summed E-state index contributed by atoms with van der Waals surface area (Å²) in [6, 6.07) is 4.06. The fourth-order valence-corrected chi connectivity index (χ4v) is 2.01. The summed E-state index contributed by atoms with van der Waals surface area (Å²) in [6.45, 7) is 3.03. The summed E-state index contributed by atoms with van der Waals surface area (Å²) in [5.41, 5.74) is 0.210. The van der Waals surface area contributed by atoms with Crippen LogP contribution in [0.2, 0.25) is 5.02 Å². The van der Waals surface area contributed by atoms with Crippen LogP contribution in [0.3, 0.4) is 0 Å². The molecular weight excluding hydrogens is 310 g/mol. The molecule has 1 heterocycles. The first kappa shape index (κ1) is 15.8. The molecule has 0 radical (unpaired) electrons. The third-order valence-corrected chi connectivity index (χ3v) is 3.14. The summed E-state index contributed by atoms with van der Waals surface area (Å²) in [6.07, 6.45) is 0. The molecule has 0 saturated carbocycles. The number of benzene rings is 1. The molecule has 9 heteroatoms. The second-order valence-corrected chi connectivity index (χ2v) is 5.04. The molecule has 0 bridgehead atoms. The quantitative estimate of drug-likeness (QED) is 0.675. The average Bonchev–Trinajstić information content (AvgIpc) is 2.87. The second kappa shape index (κ2) is 6.44. The Kier molecular flexibility index (Phi) is 4.62. The molecule has 22 heavy (non-hydrogen) atoms. The van der Waals surface area contributed by atoms with Crippen LogP contribution in [0.1, 0.15) is 36.1 Å². The molecule has 1 aromatic heterocycles. The van der Waals surface area contributed by atoms with Gasteiger partial charge in [0.05, 0.1) is 16.6 Å². The van der Waals surface area contributed by atoms with Gasteiger partial charge in [-0.3, -0.25) is 14.6 Å². The number of H-pyrrole nitrogens is 2. The number of rotatable bonds is 4. The van der Waals surface area contributed by atoms with Gasteiger partial charge in [0.2, 0.25) is 5.91 Å². The molecule has 0 aliphatic rings. The van der Waals surface area contributed by atoms with Crippen molar-refractivity contribution < 1.29 is 9.59 Å². The number of hydrogen-bond donors (Lipinski definition) is 4. The number of carbonyl (C=O) groups excluding carboxylic acids is 2. The molecule has 0 spiro atoms. The molecule has 8 nitrogen and oxygen atoms in total. The van der Waals surface area contributed by atoms with Gasteiger partial charge in [-0.05, 0) is 25.1 Å². The zero-order valence-corrected chi connectivity index (χ0v) is 12.6. The summed E-state index contributed by atoms with van der Waals surface area (Å²) in [5, 5.41) is 11.4. The van der Waals surface area contributed by atoms with E-state index in [1.54, 1.807) is 13.0 Å². The summed E-state index contributed by atoms with van der Waals surface area (Å²) >= 11 is 6.01. The Labute approximate surface area is 130 Å². The minimum absolute atomic E-state index is 0.206. The SMILES string of the molecule is CC(=O)Nc1ccc(Cl)c(C(=O)N[C@@H](C)c2n[nH]c(=O)[nH]2)c1. The van der Waals surface area contributed by atoms with E-state index in [9.17, 15) is 14.4 Å². The van der Waals surface area contributed by atoms with E-state index >= 15 is 0 Å². The number of halogens is 1. The van der Waals surface area contributed by atoms with Gasteiger partial charge in [0.1, 0.15) is 0 Å². The molecule has 0 aliphatic heterocycles. The van der Waals surface area contributed by atoms with Gasteiger partial charge in [-0.25, -0.2) is 9.89 Å². The lowest BCUT2D eigenvalue weighted by Crippen LogP contribution is -2.28. The van der Waals surface area contributed by atoms with Gasteiger partial charge in [0, 0.05) is 12.6 Å². The Morgan fingerprint density at radius 3 is 2.68 bits per heavy atom. The monoisotopic (exact) mass is 323 g/mol. The van der Waals surface area contributed by atoms with E-state index in [1.807, 2.05) is 0 Å². The third kappa shape index (κ3) is 3.73. The fraction of sp³-hybridized carbons (Fsp3) is 0.231. The van der Waals surface area contributed by atoms with Gasteiger partial charge in [-0.15, -0.1) is 0 Å². The van der Waals surface area contributed by atoms with Crippen molar-refractivity contribution in [2.45, 2.75) is 19.9 Å². The molecular formula is C13H14ClN5O3. The van der Waals surface area contributed by atoms with E-state index in [0.717, 1.165) is 0 Å². The lowest BCUT2D eigenvalue weighted by molar-refractivity contribution is -0.114. The fourth-order valence-electron chi connectivity index (χ4n) is 1.81. The van der Waals surface area contributed by atoms with Crippen LogP contribution in [0.4, 0.5) is 5.69 Å². The summed E-state index contributed by atoms with van der Waals surface area (Å²) in [7, 11) is 0. The maximum Gasteiger partial charge on any atom is 0.340 e. The zero-order valence-electron chi connectivity index (χ0n) is 11.9. The molecule has 0 saturated heterocycles. The van der Waals surface area contributed by atoms with Gasteiger partial charge in [-0.2, -0.15) is 5.10 Å². The van der Waals surface area contributed by atoms with Crippen molar-refractivity contribution in [3.63, 3.8) is 0 Å². The molecule has 2 amide bonds. The van der Waals surface area contributed by atoms with Crippen molar-refractivity contribution in [2.24, 2.45) is 0 Å². The smallest absolute Gasteiger partial charge is 0.340 e. The van der Waals surface area contributed by atoms with Crippen LogP contribution in [-0.2, 0) is 4.79 Å². The molecule has 0 fully saturated rings. The van der Waals surface area contributed by atoms with Crippen molar-refractivity contribution in [3.8, 4) is 0 Å². The molecule has 1 aromatic carbocycles. The van der Waals surface area contributed by atoms with Gasteiger partial charge >= 0.3 is 5.69 Å². The number of nitrogens with zero attached hydrogens (tertiary/aromatic N) is 1. The Morgan fingerprint density at radius 2 is 2.09 bits per heavy atom. The van der Waals surface area contributed by atoms with E-state index < -0.39 is 17.6 Å². The van der Waals surface area contributed by atoms with Crippen LogP contribution in [0.5, 0.6) is 0 Å². The van der Waals surface area contributed by atoms with Crippen molar-refractivity contribution in [1.82, 2.24) is 20.5 Å². The summed E-state index contributed by atoms with van der Waals surface area (Å²) < 4.78 is 0. The highest BCUT2D eigenvalue weighted by Gasteiger charge is 2.17. The molecule has 2 aromatic rings. The highest BCUT2D eigenvalue weighted by atomic mass is 35.5. The molecule has 2 rings (SSSR count). The first-order valence-electron chi connectivity index (χ1n) is 6.39. The lowest BCUT2D eigenvalue weighted by Gasteiger charge is -2.13. The normalized spacial score (nSPS) is 11.8. The lowest BCUT2D eigenvalue weighted by atomic mass is 10.1. The Balaban J connectivity index is 2.18. The molecule has 1 atom stereocenters. The Hall–Kier alpha value is -2.61. The zero-order chi connectivity index (χ0) is 16.3. The molecule has 0 unspecified atom stereocenters. The minimum atomic E-state index is -0.521. The highest BCUT2D eigenvalue weighted by molar-refractivity contribution is 6.34. The van der Waals surface area contributed by atoms with Crippen molar-refractivity contribution in [2.75, 3.05) is 5.32 Å². The van der Waals surface area contributed by atoms with Gasteiger partial charge < -0.3 is 10.6 Å². The number of anilines is 1. The average molecular weight is 324 g/mol. The van der Waals surface area contributed by atoms with Gasteiger partial charge in [-0.1, -0.05) is 11.6 Å². The van der Waals surface area contributed by atoms with Crippen LogP contribution < -0.4 is 16.3 Å². The largest absolute Gasteiger partial charge is 0.342 e. The number of carbonyl (C=O) groups is 2. The predicted molar refractivity (Wildman–Crippen MR) is 80.8 cm³/mol. The van der Waals surface area contributed by atoms with Crippen molar-refractivity contribution in [3.05, 3.63) is 45.1 Å². The summed E-state index contributed by atoms with van der Waals surface area (Å²) in [5.74, 6) is -0.405. The molecule has 116 valence electrons. The van der Waals surface area contributed by atoms with Crippen molar-refractivity contribution in [1.29, 1.82) is 0 Å². The Bertz CT molecular complexity index is 767. The maximum absolute atomic E-state index is 12.3. The van der Waals surface area contributed by atoms with Gasteiger partial charge in [0.15, 0.2) is 5.82 Å². The second-order valence-electron chi connectivity index (χ2n) is 4.63. The van der Waals surface area contributed by atoms with E-state index in [-0.39, 0.29) is 16.5 Å². The first-order valence-corrected chi connectivity index (χ1v) is 6.77. The standard InChI is InChI=1S/C13H14ClN5O3/c1-6(11-17-13(22)19-18-11)15-12(21)9-5-8(16-7(2)20)3-4-10(9)14/h3-6H,1-2H3,(H,15,21)(H,16,20)(H2,17,18,19,22)/t6-/m0/s1. The number of aromatic nitrogens is 3. The van der Waals surface area contributed by atoms with Crippen LogP contribution >= 0.6 is 11.6 Å². The predicted octanol–water partition coefficient (Wildman–Crippen LogP) is 1.20. The van der Waals surface area contributed by atoms with E-state index in [0.29, 0.717) is 11.5 Å². The van der Waals surface area contributed by atoms with Gasteiger partial charge in [0.25, 0.3) is 5.91 Å². The van der Waals surface area contributed by atoms with Crippen molar-refractivity contribution >= 4 is 29.1 Å². The number of aromatic amines is 2. The maximum atomic E-state index is 12.3. The number of nitrogens with one attached hydrogen (secondary N) is 4. The molecule has 4 N–H and O–H groups in total. The first-order chi connectivity index (χ1) is 10.4. The topological polar surface area (TPSA) is 120 Å². The minimum Gasteiger partial charge on any atom is -0.342 e. The highest BCUT2D eigenvalue weighted by Crippen LogP contribution is 2.21. The number of hydrogen-bond acceptors (Lipinski definition) is 4.